The molecular formula is C26H31Cl2N3O3S. The van der Waals surface area contributed by atoms with Gasteiger partial charge >= 0.3 is 0 Å². The fourth-order valence-corrected chi connectivity index (χ4v) is 8.51. The Bertz CT molecular complexity index is 1180. The molecule has 1 aromatic heterocycles. The Labute approximate surface area is 219 Å². The number of phenols is 1. The number of carbonyl (C=O) groups excluding carboxylic acids is 1. The minimum absolute atomic E-state index is 0.00615. The standard InChI is InChI=1S/C26H31Cl2N3O3S/c1-13-12-29-25(35-13)30-21(32)5-3-4-14-10-20(31-34)26(2)9-8-15-16(22(14)26)6-7-17-18(15)11-19(27)24(33)23(17)28/h11-12,14-16,22,33-34H,3-10H2,1-2H3,(H,29,30,32)/b31-20+/t14-,15?,16?,22?,26-/m1/s1. The van der Waals surface area contributed by atoms with E-state index in [0.29, 0.717) is 45.3 Å². The summed E-state index contributed by atoms with van der Waals surface area (Å²) in [6.45, 7) is 4.23. The molecule has 5 rings (SSSR count). The normalized spacial score (nSPS) is 30.6. The number of nitrogens with one attached hydrogen (secondary N) is 1. The van der Waals surface area contributed by atoms with Crippen molar-refractivity contribution < 1.29 is 15.1 Å². The summed E-state index contributed by atoms with van der Waals surface area (Å²) < 4.78 is 0. The Hall–Kier alpha value is -1.83. The van der Waals surface area contributed by atoms with E-state index < -0.39 is 0 Å². The highest BCUT2D eigenvalue weighted by molar-refractivity contribution is 7.15. The zero-order chi connectivity index (χ0) is 24.9. The molecule has 2 fully saturated rings. The van der Waals surface area contributed by atoms with Gasteiger partial charge in [0, 0.05) is 22.9 Å². The molecule has 5 atom stereocenters. The van der Waals surface area contributed by atoms with Gasteiger partial charge in [-0.1, -0.05) is 35.3 Å². The number of hydrogen-bond donors (Lipinski definition) is 3. The van der Waals surface area contributed by atoms with Crippen LogP contribution in [0.5, 0.6) is 5.75 Å². The number of amides is 1. The number of fused-ring (bicyclic) bond motifs is 5. The molecule has 0 saturated heterocycles. The summed E-state index contributed by atoms with van der Waals surface area (Å²) in [6.07, 6.45) is 8.39. The number of rotatable bonds is 5. The lowest BCUT2D eigenvalue weighted by Crippen LogP contribution is -2.44. The first kappa shape index (κ1) is 24.8. The van der Waals surface area contributed by atoms with E-state index in [4.69, 9.17) is 23.2 Å². The summed E-state index contributed by atoms with van der Waals surface area (Å²) in [4.78, 5) is 17.7. The minimum atomic E-state index is -0.136. The third-order valence-corrected chi connectivity index (χ3v) is 10.3. The number of oxime groups is 1. The van der Waals surface area contributed by atoms with Gasteiger partial charge in [-0.25, -0.2) is 4.98 Å². The molecule has 3 aliphatic rings. The first-order valence-corrected chi connectivity index (χ1v) is 13.9. The van der Waals surface area contributed by atoms with Crippen LogP contribution in [0.25, 0.3) is 0 Å². The van der Waals surface area contributed by atoms with Crippen LogP contribution < -0.4 is 5.32 Å². The smallest absolute Gasteiger partial charge is 0.226 e. The van der Waals surface area contributed by atoms with Crippen LogP contribution in [-0.4, -0.2) is 26.9 Å². The predicted octanol–water partition coefficient (Wildman–Crippen LogP) is 7.19. The van der Waals surface area contributed by atoms with Gasteiger partial charge in [0.25, 0.3) is 0 Å². The summed E-state index contributed by atoms with van der Waals surface area (Å²) in [5.74, 6) is 1.45. The third-order valence-electron chi connectivity index (χ3n) is 8.74. The molecule has 6 nitrogen and oxygen atoms in total. The largest absolute Gasteiger partial charge is 0.505 e. The van der Waals surface area contributed by atoms with Gasteiger partial charge in [-0.2, -0.15) is 0 Å². The number of hydrogen-bond acceptors (Lipinski definition) is 6. The predicted molar refractivity (Wildman–Crippen MR) is 140 cm³/mol. The van der Waals surface area contributed by atoms with Gasteiger partial charge < -0.3 is 15.6 Å². The topological polar surface area (TPSA) is 94.8 Å². The number of thiazole rings is 1. The van der Waals surface area contributed by atoms with Crippen LogP contribution >= 0.6 is 34.5 Å². The van der Waals surface area contributed by atoms with Crippen LogP contribution in [0.1, 0.15) is 73.8 Å². The first-order chi connectivity index (χ1) is 16.7. The molecule has 3 aliphatic carbocycles. The molecule has 188 valence electrons. The molecule has 0 radical (unpaired) electrons. The monoisotopic (exact) mass is 535 g/mol. The quantitative estimate of drug-likeness (QED) is 0.279. The molecule has 1 aromatic carbocycles. The molecule has 2 aromatic rings. The lowest BCUT2D eigenvalue weighted by atomic mass is 9.54. The molecule has 0 spiro atoms. The van der Waals surface area contributed by atoms with E-state index in [1.54, 1.807) is 6.20 Å². The maximum Gasteiger partial charge on any atom is 0.226 e. The molecule has 2 saturated carbocycles. The lowest BCUT2D eigenvalue weighted by Gasteiger charge is -2.50. The zero-order valence-electron chi connectivity index (χ0n) is 20.0. The molecule has 1 amide bonds. The van der Waals surface area contributed by atoms with Gasteiger partial charge in [0.2, 0.25) is 5.91 Å². The second kappa shape index (κ2) is 9.56. The number of aromatic hydroxyl groups is 1. The molecular weight excluding hydrogens is 505 g/mol. The molecule has 1 heterocycles. The van der Waals surface area contributed by atoms with Gasteiger partial charge in [-0.05, 0) is 92.7 Å². The second-order valence-electron chi connectivity index (χ2n) is 10.6. The Morgan fingerprint density at radius 1 is 1.37 bits per heavy atom. The molecule has 9 heteroatoms. The van der Waals surface area contributed by atoms with Crippen molar-refractivity contribution in [2.24, 2.45) is 28.3 Å². The van der Waals surface area contributed by atoms with Gasteiger partial charge in [0.1, 0.15) is 0 Å². The number of phenolic OH excluding ortho intramolecular Hbond substituents is 1. The number of carbonyl (C=O) groups is 1. The Kier molecular flexibility index (Phi) is 6.79. The van der Waals surface area contributed by atoms with E-state index in [1.165, 1.54) is 16.9 Å². The Morgan fingerprint density at radius 3 is 2.89 bits per heavy atom. The van der Waals surface area contributed by atoms with Crippen LogP contribution in [0.2, 0.25) is 10.0 Å². The van der Waals surface area contributed by atoms with E-state index in [1.807, 2.05) is 13.0 Å². The third kappa shape index (κ3) is 4.34. The van der Waals surface area contributed by atoms with Crippen LogP contribution in [0, 0.1) is 30.1 Å². The molecule has 0 bridgehead atoms. The summed E-state index contributed by atoms with van der Waals surface area (Å²) in [7, 11) is 0. The average molecular weight is 537 g/mol. The molecule has 3 unspecified atom stereocenters. The van der Waals surface area contributed by atoms with Crippen molar-refractivity contribution in [3.8, 4) is 5.75 Å². The van der Waals surface area contributed by atoms with E-state index in [-0.39, 0.29) is 17.1 Å². The number of aryl methyl sites for hydroxylation is 1. The SMILES string of the molecule is Cc1cnc(NC(=O)CCC[C@@H]2C/C(=N\O)[C@@]3(C)CCC4c5cc(Cl)c(O)c(Cl)c5CCC4C23)s1. The number of aromatic nitrogens is 1. The van der Waals surface area contributed by atoms with Crippen LogP contribution in [-0.2, 0) is 11.2 Å². The van der Waals surface area contributed by atoms with Crippen molar-refractivity contribution in [3.63, 3.8) is 0 Å². The zero-order valence-corrected chi connectivity index (χ0v) is 22.3. The van der Waals surface area contributed by atoms with E-state index in [0.717, 1.165) is 61.1 Å². The summed E-state index contributed by atoms with van der Waals surface area (Å²) >= 11 is 14.3. The van der Waals surface area contributed by atoms with Crippen molar-refractivity contribution in [1.29, 1.82) is 0 Å². The van der Waals surface area contributed by atoms with E-state index in [9.17, 15) is 15.1 Å². The first-order valence-electron chi connectivity index (χ1n) is 12.4. The van der Waals surface area contributed by atoms with E-state index >= 15 is 0 Å². The molecule has 3 N–H and O–H groups in total. The van der Waals surface area contributed by atoms with Crippen molar-refractivity contribution >= 4 is 51.3 Å². The van der Waals surface area contributed by atoms with Gasteiger partial charge in [0.15, 0.2) is 10.9 Å². The number of anilines is 1. The minimum Gasteiger partial charge on any atom is -0.505 e. The highest BCUT2D eigenvalue weighted by Crippen LogP contribution is 2.63. The fourth-order valence-electron chi connectivity index (χ4n) is 7.26. The highest BCUT2D eigenvalue weighted by Gasteiger charge is 2.57. The van der Waals surface area contributed by atoms with Crippen molar-refractivity contribution in [2.75, 3.05) is 5.32 Å². The van der Waals surface area contributed by atoms with Crippen LogP contribution in [0.15, 0.2) is 17.4 Å². The summed E-state index contributed by atoms with van der Waals surface area (Å²) in [6, 6.07) is 1.91. The number of nitrogens with zero attached hydrogens (tertiary/aromatic N) is 2. The van der Waals surface area contributed by atoms with Gasteiger partial charge in [-0.3, -0.25) is 4.79 Å². The molecule has 35 heavy (non-hydrogen) atoms. The number of benzene rings is 1. The second-order valence-corrected chi connectivity index (χ2v) is 12.6. The van der Waals surface area contributed by atoms with Crippen molar-refractivity contribution in [1.82, 2.24) is 4.98 Å². The van der Waals surface area contributed by atoms with Crippen molar-refractivity contribution in [2.45, 2.75) is 71.1 Å². The van der Waals surface area contributed by atoms with Gasteiger partial charge in [-0.15, -0.1) is 11.3 Å². The Morgan fingerprint density at radius 2 is 2.17 bits per heavy atom. The lowest BCUT2D eigenvalue weighted by molar-refractivity contribution is -0.116. The van der Waals surface area contributed by atoms with Gasteiger partial charge in [0.05, 0.1) is 15.8 Å². The average Bonchev–Trinajstić information content (AvgIpc) is 3.36. The maximum absolute atomic E-state index is 12.5. The van der Waals surface area contributed by atoms with Crippen molar-refractivity contribution in [3.05, 3.63) is 38.3 Å². The maximum atomic E-state index is 12.5. The number of halogens is 2. The van der Waals surface area contributed by atoms with E-state index in [2.05, 4.69) is 22.4 Å². The van der Waals surface area contributed by atoms with Crippen LogP contribution in [0.4, 0.5) is 5.13 Å². The van der Waals surface area contributed by atoms with Crippen LogP contribution in [0.3, 0.4) is 0 Å². The summed E-state index contributed by atoms with van der Waals surface area (Å²) in [5.41, 5.74) is 2.96. The fraction of sp³-hybridized carbons (Fsp3) is 0.577. The molecule has 0 aliphatic heterocycles. The summed E-state index contributed by atoms with van der Waals surface area (Å²) in [5, 5.41) is 28.2. The highest BCUT2D eigenvalue weighted by atomic mass is 35.5. The Balaban J connectivity index is 1.34.